The van der Waals surface area contributed by atoms with Gasteiger partial charge in [-0.15, -0.1) is 0 Å². The van der Waals surface area contributed by atoms with Crippen molar-refractivity contribution in [1.82, 2.24) is 4.57 Å². The fourth-order valence-corrected chi connectivity index (χ4v) is 2.52. The largest absolute Gasteiger partial charge is 0.350 e. The van der Waals surface area contributed by atoms with Crippen LogP contribution in [0.15, 0.2) is 59.0 Å². The minimum atomic E-state index is -0.590. The van der Waals surface area contributed by atoms with E-state index in [4.69, 9.17) is 11.3 Å². The summed E-state index contributed by atoms with van der Waals surface area (Å²) in [5.74, 6) is 4.02. The average molecular weight is 314 g/mol. The fraction of sp³-hybridized carbons (Fsp3) is 0.0625. The summed E-state index contributed by atoms with van der Waals surface area (Å²) in [5.41, 5.74) is 2.16. The number of hydrogen-bond acceptors (Lipinski definition) is 1. The van der Waals surface area contributed by atoms with Gasteiger partial charge in [0.05, 0.1) is 10.7 Å². The molecule has 0 amide bonds. The van der Waals surface area contributed by atoms with Crippen molar-refractivity contribution in [2.75, 3.05) is 0 Å². The summed E-state index contributed by atoms with van der Waals surface area (Å²) < 4.78 is 28.5. The first-order valence-electron chi connectivity index (χ1n) is 6.84. The standard InChI is InChI=1S/C16H13F2N5/c17-13-5-10(6-14(18)8-13)9-23-4-3-11-7-12(1-2-15(11)23)16(19)21-22-20/h1-8H,9H2,(H3,19,20,21)/p+1. The van der Waals surface area contributed by atoms with Gasteiger partial charge < -0.3 is 4.57 Å². The van der Waals surface area contributed by atoms with Crippen LogP contribution in [0.5, 0.6) is 0 Å². The van der Waals surface area contributed by atoms with Gasteiger partial charge in [0.25, 0.3) is 0 Å². The molecular formula is C16H14F2N5+. The molecule has 0 fully saturated rings. The quantitative estimate of drug-likeness (QED) is 0.250. The van der Waals surface area contributed by atoms with Gasteiger partial charge in [0.15, 0.2) is 0 Å². The Morgan fingerprint density at radius 1 is 1.09 bits per heavy atom. The molecule has 0 atom stereocenters. The zero-order valence-electron chi connectivity index (χ0n) is 12.1. The Kier molecular flexibility index (Phi) is 3.84. The first-order valence-corrected chi connectivity index (χ1v) is 6.84. The van der Waals surface area contributed by atoms with E-state index in [2.05, 4.69) is 10.3 Å². The summed E-state index contributed by atoms with van der Waals surface area (Å²) in [4.78, 5) is 0. The highest BCUT2D eigenvalue weighted by atomic mass is 19.1. The fourth-order valence-electron chi connectivity index (χ4n) is 2.52. The van der Waals surface area contributed by atoms with E-state index < -0.39 is 11.6 Å². The number of aromatic nitrogens is 1. The number of nitrogens with zero attached hydrogens (tertiary/aromatic N) is 3. The van der Waals surface area contributed by atoms with Crippen LogP contribution < -0.4 is 11.3 Å². The van der Waals surface area contributed by atoms with Crippen LogP contribution in [0.1, 0.15) is 11.1 Å². The van der Waals surface area contributed by atoms with E-state index in [1.54, 1.807) is 6.07 Å². The van der Waals surface area contributed by atoms with Crippen molar-refractivity contribution in [3.63, 3.8) is 0 Å². The minimum absolute atomic E-state index is 0.217. The maximum absolute atomic E-state index is 13.3. The highest BCUT2D eigenvalue weighted by molar-refractivity contribution is 5.98. The Bertz CT molecular complexity index is 894. The Hall–Kier alpha value is -3.09. The molecule has 116 valence electrons. The SMILES string of the molecule is NN=NC(=[NH2+])c1ccc2c(ccn2Cc2cc(F)cc(F)c2)c1. The average Bonchev–Trinajstić information content (AvgIpc) is 2.89. The van der Waals surface area contributed by atoms with Crippen LogP contribution >= 0.6 is 0 Å². The van der Waals surface area contributed by atoms with E-state index in [1.807, 2.05) is 29.0 Å². The van der Waals surface area contributed by atoms with Crippen LogP contribution in [0.25, 0.3) is 10.9 Å². The lowest BCUT2D eigenvalue weighted by molar-refractivity contribution is -0.114. The second kappa shape index (κ2) is 5.96. The summed E-state index contributed by atoms with van der Waals surface area (Å²) in [5, 5.41) is 13.4. The number of benzene rings is 2. The molecule has 4 N–H and O–H groups in total. The maximum atomic E-state index is 13.3. The highest BCUT2D eigenvalue weighted by Gasteiger charge is 2.11. The van der Waals surface area contributed by atoms with Crippen molar-refractivity contribution in [2.24, 2.45) is 16.2 Å². The monoisotopic (exact) mass is 314 g/mol. The lowest BCUT2D eigenvalue weighted by Gasteiger charge is -2.06. The molecule has 2 aromatic carbocycles. The molecule has 0 aliphatic rings. The van der Waals surface area contributed by atoms with Crippen LogP contribution in [0.3, 0.4) is 0 Å². The summed E-state index contributed by atoms with van der Waals surface area (Å²) in [6.07, 6.45) is 1.85. The molecule has 0 aliphatic heterocycles. The van der Waals surface area contributed by atoms with Gasteiger partial charge in [-0.2, -0.15) is 0 Å². The van der Waals surface area contributed by atoms with Crippen LogP contribution in [-0.4, -0.2) is 10.4 Å². The van der Waals surface area contributed by atoms with Crippen molar-refractivity contribution in [3.8, 4) is 0 Å². The molecule has 0 unspecified atom stereocenters. The van der Waals surface area contributed by atoms with Crippen molar-refractivity contribution in [1.29, 1.82) is 0 Å². The summed E-state index contributed by atoms with van der Waals surface area (Å²) in [7, 11) is 0. The van der Waals surface area contributed by atoms with Crippen LogP contribution in [-0.2, 0) is 6.54 Å². The second-order valence-electron chi connectivity index (χ2n) is 5.10. The number of halogens is 2. The molecule has 1 heterocycles. The Morgan fingerprint density at radius 3 is 2.52 bits per heavy atom. The van der Waals surface area contributed by atoms with Crippen molar-refractivity contribution in [2.45, 2.75) is 6.54 Å². The van der Waals surface area contributed by atoms with E-state index in [0.717, 1.165) is 17.0 Å². The van der Waals surface area contributed by atoms with Gasteiger partial charge in [-0.25, -0.2) is 8.78 Å². The predicted octanol–water partition coefficient (Wildman–Crippen LogP) is 1.80. The van der Waals surface area contributed by atoms with Gasteiger partial charge in [0.1, 0.15) is 11.6 Å². The normalized spacial score (nSPS) is 11.4. The topological polar surface area (TPSA) is 81.3 Å². The summed E-state index contributed by atoms with van der Waals surface area (Å²) in [6.45, 7) is 0.360. The minimum Gasteiger partial charge on any atom is -0.343 e. The molecule has 0 spiro atoms. The van der Waals surface area contributed by atoms with E-state index in [9.17, 15) is 8.78 Å². The molecule has 23 heavy (non-hydrogen) atoms. The Morgan fingerprint density at radius 2 is 1.83 bits per heavy atom. The maximum Gasteiger partial charge on any atom is 0.350 e. The van der Waals surface area contributed by atoms with E-state index in [1.165, 1.54) is 12.1 Å². The van der Waals surface area contributed by atoms with E-state index in [-0.39, 0.29) is 5.84 Å². The first kappa shape index (κ1) is 14.8. The molecule has 3 aromatic rings. The van der Waals surface area contributed by atoms with Crippen molar-refractivity contribution >= 4 is 16.7 Å². The van der Waals surface area contributed by atoms with Crippen LogP contribution in [0, 0.1) is 11.6 Å². The molecule has 5 nitrogen and oxygen atoms in total. The summed E-state index contributed by atoms with van der Waals surface area (Å²) in [6, 6.07) is 10.9. The van der Waals surface area contributed by atoms with Crippen molar-refractivity contribution < 1.29 is 14.2 Å². The molecule has 0 saturated carbocycles. The van der Waals surface area contributed by atoms with Gasteiger partial charge in [0.2, 0.25) is 0 Å². The van der Waals surface area contributed by atoms with E-state index >= 15 is 0 Å². The molecule has 3 rings (SSSR count). The van der Waals surface area contributed by atoms with Gasteiger partial charge in [-0.3, -0.25) is 11.3 Å². The van der Waals surface area contributed by atoms with Gasteiger partial charge in [-0.1, -0.05) is 0 Å². The van der Waals surface area contributed by atoms with E-state index in [0.29, 0.717) is 17.7 Å². The molecule has 0 radical (unpaired) electrons. The van der Waals surface area contributed by atoms with Gasteiger partial charge >= 0.3 is 5.84 Å². The molecule has 0 saturated heterocycles. The molecule has 1 aromatic heterocycles. The van der Waals surface area contributed by atoms with Gasteiger partial charge in [0, 0.05) is 34.9 Å². The summed E-state index contributed by atoms with van der Waals surface area (Å²) >= 11 is 0. The first-order chi connectivity index (χ1) is 11.1. The number of amidine groups is 1. The third kappa shape index (κ3) is 3.08. The number of nitrogens with two attached hydrogens (primary N) is 2. The third-order valence-electron chi connectivity index (χ3n) is 3.51. The van der Waals surface area contributed by atoms with Crippen LogP contribution in [0.4, 0.5) is 8.78 Å². The zero-order valence-corrected chi connectivity index (χ0v) is 12.1. The molecular weight excluding hydrogens is 300 g/mol. The zero-order chi connectivity index (χ0) is 16.4. The third-order valence-corrected chi connectivity index (χ3v) is 3.51. The number of fused-ring (bicyclic) bond motifs is 1. The molecule has 0 bridgehead atoms. The number of rotatable bonds is 3. The predicted molar refractivity (Wildman–Crippen MR) is 82.5 cm³/mol. The molecule has 7 heteroatoms. The van der Waals surface area contributed by atoms with Gasteiger partial charge in [-0.05, 0) is 42.0 Å². The highest BCUT2D eigenvalue weighted by Crippen LogP contribution is 2.20. The lowest BCUT2D eigenvalue weighted by Crippen LogP contribution is -2.38. The Labute approximate surface area is 130 Å². The Balaban J connectivity index is 1.95. The van der Waals surface area contributed by atoms with Crippen molar-refractivity contribution in [3.05, 3.63) is 71.4 Å². The lowest BCUT2D eigenvalue weighted by atomic mass is 10.1. The van der Waals surface area contributed by atoms with Crippen LogP contribution in [0.2, 0.25) is 0 Å². The molecule has 0 aliphatic carbocycles. The number of hydrogen-bond donors (Lipinski definition) is 2. The smallest absolute Gasteiger partial charge is 0.343 e. The second-order valence-corrected chi connectivity index (χ2v) is 5.10.